The van der Waals surface area contributed by atoms with E-state index in [-0.39, 0.29) is 0 Å². The number of hydrogen-bond acceptors (Lipinski definition) is 1. The summed E-state index contributed by atoms with van der Waals surface area (Å²) in [4.78, 5) is 2.35. The van der Waals surface area contributed by atoms with Crippen LogP contribution in [0.25, 0.3) is 83.1 Å². The summed E-state index contributed by atoms with van der Waals surface area (Å²) < 4.78 is 2.47. The van der Waals surface area contributed by atoms with Gasteiger partial charge in [0.2, 0.25) is 0 Å². The minimum atomic E-state index is -0.445. The fraction of sp³-hybridized carbons (Fsp3) is 0.0137. The van der Waals surface area contributed by atoms with Crippen LogP contribution < -0.4 is 4.90 Å². The molecule has 0 amide bonds. The number of anilines is 3. The van der Waals surface area contributed by atoms with Crippen molar-refractivity contribution in [3.05, 3.63) is 326 Å². The summed E-state index contributed by atoms with van der Waals surface area (Å²) in [6, 6.07) is 111. The zero-order valence-electron chi connectivity index (χ0n) is 41.3. The van der Waals surface area contributed by atoms with Crippen LogP contribution in [-0.2, 0) is 5.41 Å². The molecule has 1 aromatic heterocycles. The largest absolute Gasteiger partial charge is 0.310 e. The van der Waals surface area contributed by atoms with Crippen molar-refractivity contribution in [1.82, 2.24) is 4.57 Å². The van der Waals surface area contributed by atoms with Gasteiger partial charge in [0.05, 0.1) is 16.4 Å². The van der Waals surface area contributed by atoms with Crippen LogP contribution in [0.4, 0.5) is 17.1 Å². The molecule has 2 heteroatoms. The molecule has 0 aliphatic heterocycles. The van der Waals surface area contributed by atoms with Crippen LogP contribution in [0.15, 0.2) is 303 Å². The molecular weight excluding hydrogens is 905 g/mol. The molecule has 0 N–H and O–H groups in total. The normalized spacial score (nSPS) is 12.4. The maximum atomic E-state index is 2.47. The maximum Gasteiger partial charge on any atom is 0.0713 e. The molecule has 13 aromatic rings. The monoisotopic (exact) mass is 954 g/mol. The van der Waals surface area contributed by atoms with Gasteiger partial charge in [0.25, 0.3) is 0 Å². The van der Waals surface area contributed by atoms with Gasteiger partial charge < -0.3 is 9.47 Å². The van der Waals surface area contributed by atoms with Crippen LogP contribution in [0.2, 0.25) is 0 Å². The lowest BCUT2D eigenvalue weighted by molar-refractivity contribution is 0.768. The standard InChI is InChI=1S/C73H50N2/c1-5-20-53(21-6-1)63-30-13-14-31-64(63)54-40-43-60(44-41-54)74(59-27-11-4-12-28-59)61-29-19-22-55(48-61)51-36-38-52(39-37-51)56-42-46-67-66-33-16-18-35-71(66)75(72(67)49-56)62-45-47-70-68(50-62)65-32-15-17-34-69(65)73(70,57-23-7-2-8-24-57)58-25-9-3-10-26-58/h1-50H. The Kier molecular flexibility index (Phi) is 10.8. The summed E-state index contributed by atoms with van der Waals surface area (Å²) >= 11 is 0. The quantitative estimate of drug-likeness (QED) is 0.133. The van der Waals surface area contributed by atoms with Crippen LogP contribution in [0, 0.1) is 0 Å². The van der Waals surface area contributed by atoms with Gasteiger partial charge in [-0.25, -0.2) is 0 Å². The van der Waals surface area contributed by atoms with Gasteiger partial charge in [-0.1, -0.05) is 243 Å². The SMILES string of the molecule is c1ccc(-c2ccccc2-c2ccc(N(c3ccccc3)c3cccc(-c4ccc(-c5ccc6c7ccccc7n(-c7ccc8c(c7)-c7ccccc7C8(c7ccccc7)c7ccccc7)c6c5)cc4)c3)cc2)cc1. The van der Waals surface area contributed by atoms with E-state index in [1.807, 2.05) is 0 Å². The average Bonchev–Trinajstić information content (AvgIpc) is 4.05. The molecule has 1 aliphatic rings. The summed E-state index contributed by atoms with van der Waals surface area (Å²) in [6.45, 7) is 0. The predicted molar refractivity (Wildman–Crippen MR) is 315 cm³/mol. The van der Waals surface area contributed by atoms with Crippen molar-refractivity contribution in [2.24, 2.45) is 0 Å². The highest BCUT2D eigenvalue weighted by atomic mass is 15.1. The molecule has 352 valence electrons. The first-order valence-corrected chi connectivity index (χ1v) is 25.9. The molecule has 14 rings (SSSR count). The second kappa shape index (κ2) is 18.4. The van der Waals surface area contributed by atoms with Gasteiger partial charge in [-0.15, -0.1) is 0 Å². The molecule has 0 radical (unpaired) electrons. The van der Waals surface area contributed by atoms with E-state index in [4.69, 9.17) is 0 Å². The molecule has 12 aromatic carbocycles. The zero-order valence-corrected chi connectivity index (χ0v) is 41.3. The Morgan fingerprint density at radius 3 is 1.40 bits per heavy atom. The molecule has 0 spiro atoms. The summed E-state index contributed by atoms with van der Waals surface area (Å²) in [5.74, 6) is 0. The third-order valence-electron chi connectivity index (χ3n) is 15.5. The van der Waals surface area contributed by atoms with Gasteiger partial charge in [0, 0.05) is 33.5 Å². The maximum absolute atomic E-state index is 2.47. The summed E-state index contributed by atoms with van der Waals surface area (Å²) in [6.07, 6.45) is 0. The van der Waals surface area contributed by atoms with Crippen LogP contribution in [0.1, 0.15) is 22.3 Å². The first-order chi connectivity index (χ1) is 37.2. The van der Waals surface area contributed by atoms with Gasteiger partial charge in [-0.05, 0) is 139 Å². The van der Waals surface area contributed by atoms with Crippen LogP contribution >= 0.6 is 0 Å². The van der Waals surface area contributed by atoms with E-state index >= 15 is 0 Å². The number of fused-ring (bicyclic) bond motifs is 6. The molecule has 0 bridgehead atoms. The third kappa shape index (κ3) is 7.41. The van der Waals surface area contributed by atoms with Crippen molar-refractivity contribution in [2.45, 2.75) is 5.41 Å². The second-order valence-corrected chi connectivity index (χ2v) is 19.6. The Balaban J connectivity index is 0.818. The van der Waals surface area contributed by atoms with Gasteiger partial charge in [0.15, 0.2) is 0 Å². The molecule has 2 nitrogen and oxygen atoms in total. The number of aromatic nitrogens is 1. The van der Waals surface area contributed by atoms with E-state index in [0.29, 0.717) is 0 Å². The van der Waals surface area contributed by atoms with E-state index in [0.717, 1.165) is 33.9 Å². The fourth-order valence-corrected chi connectivity index (χ4v) is 12.1. The smallest absolute Gasteiger partial charge is 0.0713 e. The molecular formula is C73H50N2. The van der Waals surface area contributed by atoms with Crippen molar-refractivity contribution >= 4 is 38.9 Å². The van der Waals surface area contributed by atoms with E-state index in [2.05, 4.69) is 313 Å². The summed E-state index contributed by atoms with van der Waals surface area (Å²) in [5, 5.41) is 2.48. The minimum Gasteiger partial charge on any atom is -0.310 e. The minimum absolute atomic E-state index is 0.445. The predicted octanol–water partition coefficient (Wildman–Crippen LogP) is 19.3. The fourth-order valence-electron chi connectivity index (χ4n) is 12.1. The highest BCUT2D eigenvalue weighted by Crippen LogP contribution is 2.56. The van der Waals surface area contributed by atoms with Gasteiger partial charge in [0.1, 0.15) is 0 Å². The third-order valence-corrected chi connectivity index (χ3v) is 15.5. The van der Waals surface area contributed by atoms with Crippen molar-refractivity contribution in [3.63, 3.8) is 0 Å². The number of nitrogens with zero attached hydrogens (tertiary/aromatic N) is 2. The van der Waals surface area contributed by atoms with E-state index in [9.17, 15) is 0 Å². The van der Waals surface area contributed by atoms with Crippen molar-refractivity contribution in [3.8, 4) is 61.3 Å². The molecule has 0 fully saturated rings. The van der Waals surface area contributed by atoms with Crippen LogP contribution in [0.5, 0.6) is 0 Å². The topological polar surface area (TPSA) is 8.17 Å². The van der Waals surface area contributed by atoms with Crippen LogP contribution in [-0.4, -0.2) is 4.57 Å². The molecule has 0 saturated heterocycles. The van der Waals surface area contributed by atoms with E-state index in [1.54, 1.807) is 0 Å². The van der Waals surface area contributed by atoms with E-state index in [1.165, 1.54) is 88.6 Å². The lowest BCUT2D eigenvalue weighted by atomic mass is 9.68. The molecule has 1 aliphatic carbocycles. The molecule has 75 heavy (non-hydrogen) atoms. The number of benzene rings is 12. The Morgan fingerprint density at radius 1 is 0.253 bits per heavy atom. The Hall–Kier alpha value is -9.76. The first kappa shape index (κ1) is 44.0. The van der Waals surface area contributed by atoms with E-state index < -0.39 is 5.41 Å². The Morgan fingerprint density at radius 2 is 0.720 bits per heavy atom. The number of para-hydroxylation sites is 2. The summed E-state index contributed by atoms with van der Waals surface area (Å²) in [7, 11) is 0. The number of rotatable bonds is 10. The highest BCUT2D eigenvalue weighted by molar-refractivity contribution is 6.10. The zero-order chi connectivity index (χ0) is 49.7. The lowest BCUT2D eigenvalue weighted by Crippen LogP contribution is -2.28. The Bertz CT molecular complexity index is 4160. The van der Waals surface area contributed by atoms with Gasteiger partial charge >= 0.3 is 0 Å². The van der Waals surface area contributed by atoms with Gasteiger partial charge in [-0.2, -0.15) is 0 Å². The van der Waals surface area contributed by atoms with Crippen molar-refractivity contribution < 1.29 is 0 Å². The number of hydrogen-bond donors (Lipinski definition) is 0. The molecule has 0 unspecified atom stereocenters. The Labute approximate surface area is 438 Å². The van der Waals surface area contributed by atoms with Gasteiger partial charge in [-0.3, -0.25) is 0 Å². The first-order valence-electron chi connectivity index (χ1n) is 25.9. The molecule has 1 heterocycles. The van der Waals surface area contributed by atoms with Crippen LogP contribution in [0.3, 0.4) is 0 Å². The molecule has 0 saturated carbocycles. The average molecular weight is 955 g/mol. The van der Waals surface area contributed by atoms with Crippen molar-refractivity contribution in [2.75, 3.05) is 4.90 Å². The highest BCUT2D eigenvalue weighted by Gasteiger charge is 2.46. The summed E-state index contributed by atoms with van der Waals surface area (Å²) in [5.41, 5.74) is 23.6. The van der Waals surface area contributed by atoms with Crippen molar-refractivity contribution in [1.29, 1.82) is 0 Å². The second-order valence-electron chi connectivity index (χ2n) is 19.6. The molecule has 0 atom stereocenters. The lowest BCUT2D eigenvalue weighted by Gasteiger charge is -2.33.